The molecule has 2 atom stereocenters. The summed E-state index contributed by atoms with van der Waals surface area (Å²) in [6.45, 7) is 6.64. The summed E-state index contributed by atoms with van der Waals surface area (Å²) in [4.78, 5) is 2.54. The monoisotopic (exact) mass is 290 g/mol. The molecular formula is C18H30N2O. The van der Waals surface area contributed by atoms with Crippen LogP contribution in [0, 0.1) is 0 Å². The number of hydrogen-bond acceptors (Lipinski definition) is 3. The van der Waals surface area contributed by atoms with Crippen LogP contribution < -0.4 is 10.1 Å². The Hall–Kier alpha value is -1.06. The van der Waals surface area contributed by atoms with Crippen LogP contribution in [0.25, 0.3) is 0 Å². The van der Waals surface area contributed by atoms with E-state index in [-0.39, 0.29) is 0 Å². The van der Waals surface area contributed by atoms with Gasteiger partial charge in [-0.3, -0.25) is 0 Å². The second-order valence-corrected chi connectivity index (χ2v) is 6.06. The summed E-state index contributed by atoms with van der Waals surface area (Å²) in [6, 6.07) is 7.51. The number of benzene rings is 1. The molecule has 0 bridgehead atoms. The van der Waals surface area contributed by atoms with Crippen molar-refractivity contribution < 1.29 is 4.74 Å². The normalized spacial score (nSPS) is 20.8. The van der Waals surface area contributed by atoms with Gasteiger partial charge in [0.2, 0.25) is 0 Å². The van der Waals surface area contributed by atoms with Crippen LogP contribution in [0.1, 0.15) is 50.3 Å². The lowest BCUT2D eigenvalue weighted by atomic mass is 10.1. The quantitative estimate of drug-likeness (QED) is 0.743. The molecule has 1 aliphatic carbocycles. The molecular weight excluding hydrogens is 260 g/mol. The minimum atomic E-state index is 0.423. The van der Waals surface area contributed by atoms with Gasteiger partial charge in [0.1, 0.15) is 5.75 Å². The predicted molar refractivity (Wildman–Crippen MR) is 89.1 cm³/mol. The maximum Gasteiger partial charge on any atom is 0.119 e. The van der Waals surface area contributed by atoms with Gasteiger partial charge in [-0.05, 0) is 56.2 Å². The smallest absolute Gasteiger partial charge is 0.119 e. The van der Waals surface area contributed by atoms with Gasteiger partial charge in [-0.15, -0.1) is 0 Å². The third-order valence-electron chi connectivity index (χ3n) is 4.61. The van der Waals surface area contributed by atoms with E-state index in [1.54, 1.807) is 7.11 Å². The average molecular weight is 290 g/mol. The molecule has 2 unspecified atom stereocenters. The van der Waals surface area contributed by atoms with E-state index in [0.717, 1.165) is 18.7 Å². The summed E-state index contributed by atoms with van der Waals surface area (Å²) in [6.07, 6.45) is 5.04. The lowest BCUT2D eigenvalue weighted by Gasteiger charge is -2.30. The Morgan fingerprint density at radius 1 is 1.29 bits per heavy atom. The van der Waals surface area contributed by atoms with E-state index in [2.05, 4.69) is 49.3 Å². The lowest BCUT2D eigenvalue weighted by molar-refractivity contribution is 0.201. The molecule has 0 aromatic heterocycles. The number of fused-ring (bicyclic) bond motifs is 1. The van der Waals surface area contributed by atoms with Crippen LogP contribution in [-0.2, 0) is 6.42 Å². The molecule has 1 aliphatic rings. The zero-order valence-corrected chi connectivity index (χ0v) is 14.0. The third kappa shape index (κ3) is 3.78. The van der Waals surface area contributed by atoms with Gasteiger partial charge in [-0.1, -0.05) is 32.8 Å². The molecule has 118 valence electrons. The minimum absolute atomic E-state index is 0.423. The first kappa shape index (κ1) is 16.3. The molecule has 0 radical (unpaired) electrons. The summed E-state index contributed by atoms with van der Waals surface area (Å²) in [7, 11) is 4.01. The topological polar surface area (TPSA) is 24.5 Å². The number of likely N-dealkylation sites (N-methyl/N-ethyl adjacent to an activating group) is 2. The molecule has 0 spiro atoms. The molecule has 3 heteroatoms. The highest BCUT2D eigenvalue weighted by Crippen LogP contribution is 2.36. The van der Waals surface area contributed by atoms with Crippen molar-refractivity contribution in [2.24, 2.45) is 0 Å². The molecule has 21 heavy (non-hydrogen) atoms. The second-order valence-electron chi connectivity index (χ2n) is 6.06. The molecule has 0 saturated carbocycles. The van der Waals surface area contributed by atoms with Crippen molar-refractivity contribution in [2.75, 3.05) is 27.2 Å². The van der Waals surface area contributed by atoms with Crippen LogP contribution in [-0.4, -0.2) is 38.2 Å². The third-order valence-corrected chi connectivity index (χ3v) is 4.61. The van der Waals surface area contributed by atoms with Crippen LogP contribution in [0.2, 0.25) is 0 Å². The van der Waals surface area contributed by atoms with Crippen LogP contribution in [0.5, 0.6) is 5.75 Å². The molecule has 0 heterocycles. The van der Waals surface area contributed by atoms with Crippen LogP contribution >= 0.6 is 0 Å². The van der Waals surface area contributed by atoms with Gasteiger partial charge in [-0.2, -0.15) is 0 Å². The van der Waals surface area contributed by atoms with Crippen LogP contribution in [0.4, 0.5) is 0 Å². The summed E-state index contributed by atoms with van der Waals surface area (Å²) in [5, 5.41) is 3.68. The van der Waals surface area contributed by atoms with Crippen molar-refractivity contribution >= 4 is 0 Å². The standard InChI is InChI=1S/C18H30N2O/c1-5-7-8-11-20(3)17-12-14-9-10-15(21-4)13-16(14)18(17)19-6-2/h9-10,13,17-19H,5-8,11-12H2,1-4H3. The first-order chi connectivity index (χ1) is 10.2. The number of nitrogens with zero attached hydrogens (tertiary/aromatic N) is 1. The Morgan fingerprint density at radius 2 is 2.10 bits per heavy atom. The van der Waals surface area contributed by atoms with E-state index in [0.29, 0.717) is 12.1 Å². The molecule has 2 rings (SSSR count). The number of ether oxygens (including phenoxy) is 1. The minimum Gasteiger partial charge on any atom is -0.497 e. The molecule has 0 saturated heterocycles. The van der Waals surface area contributed by atoms with E-state index in [4.69, 9.17) is 4.74 Å². The Labute approximate surface area is 129 Å². The highest BCUT2D eigenvalue weighted by atomic mass is 16.5. The van der Waals surface area contributed by atoms with Crippen molar-refractivity contribution in [3.8, 4) is 5.75 Å². The SMILES string of the molecule is CCCCCN(C)C1Cc2ccc(OC)cc2C1NCC. The fraction of sp³-hybridized carbons (Fsp3) is 0.667. The molecule has 0 fully saturated rings. The van der Waals surface area contributed by atoms with E-state index in [1.807, 2.05) is 0 Å². The van der Waals surface area contributed by atoms with Gasteiger partial charge >= 0.3 is 0 Å². The van der Waals surface area contributed by atoms with E-state index in [9.17, 15) is 0 Å². The van der Waals surface area contributed by atoms with Crippen LogP contribution in [0.3, 0.4) is 0 Å². The van der Waals surface area contributed by atoms with Crippen molar-refractivity contribution in [1.82, 2.24) is 10.2 Å². The maximum atomic E-state index is 5.40. The predicted octanol–water partition coefficient (Wildman–Crippen LogP) is 3.39. The van der Waals surface area contributed by atoms with Gasteiger partial charge in [0.15, 0.2) is 0 Å². The van der Waals surface area contributed by atoms with Crippen molar-refractivity contribution in [1.29, 1.82) is 0 Å². The highest BCUT2D eigenvalue weighted by Gasteiger charge is 2.34. The number of hydrogen-bond donors (Lipinski definition) is 1. The fourth-order valence-electron chi connectivity index (χ4n) is 3.38. The van der Waals surface area contributed by atoms with E-state index >= 15 is 0 Å². The molecule has 0 aliphatic heterocycles. The van der Waals surface area contributed by atoms with Crippen LogP contribution in [0.15, 0.2) is 18.2 Å². The van der Waals surface area contributed by atoms with Gasteiger partial charge in [-0.25, -0.2) is 0 Å². The fourth-order valence-corrected chi connectivity index (χ4v) is 3.38. The number of unbranched alkanes of at least 4 members (excludes halogenated alkanes) is 2. The van der Waals surface area contributed by atoms with E-state index in [1.165, 1.54) is 36.9 Å². The summed E-state index contributed by atoms with van der Waals surface area (Å²) >= 11 is 0. The van der Waals surface area contributed by atoms with Gasteiger partial charge in [0, 0.05) is 12.1 Å². The van der Waals surface area contributed by atoms with E-state index < -0.39 is 0 Å². The summed E-state index contributed by atoms with van der Waals surface area (Å²) < 4.78 is 5.40. The first-order valence-electron chi connectivity index (χ1n) is 8.31. The lowest BCUT2D eigenvalue weighted by Crippen LogP contribution is -2.41. The van der Waals surface area contributed by atoms with Crippen molar-refractivity contribution in [2.45, 2.75) is 51.6 Å². The Bertz CT molecular complexity index is 447. The Balaban J connectivity index is 2.12. The molecule has 1 N–H and O–H groups in total. The highest BCUT2D eigenvalue weighted by molar-refractivity contribution is 5.42. The van der Waals surface area contributed by atoms with Crippen molar-refractivity contribution in [3.05, 3.63) is 29.3 Å². The molecule has 1 aromatic rings. The first-order valence-corrected chi connectivity index (χ1v) is 8.31. The largest absolute Gasteiger partial charge is 0.497 e. The summed E-state index contributed by atoms with van der Waals surface area (Å²) in [5.74, 6) is 0.964. The molecule has 3 nitrogen and oxygen atoms in total. The molecule has 1 aromatic carbocycles. The zero-order valence-electron chi connectivity index (χ0n) is 14.0. The number of nitrogens with one attached hydrogen (secondary N) is 1. The Morgan fingerprint density at radius 3 is 2.76 bits per heavy atom. The number of rotatable bonds is 8. The Kier molecular flexibility index (Phi) is 6.07. The summed E-state index contributed by atoms with van der Waals surface area (Å²) in [5.41, 5.74) is 2.89. The van der Waals surface area contributed by atoms with Gasteiger partial charge < -0.3 is 15.0 Å². The molecule has 0 amide bonds. The zero-order chi connectivity index (χ0) is 15.2. The second kappa shape index (κ2) is 7.81. The average Bonchev–Trinajstić information content (AvgIpc) is 2.86. The van der Waals surface area contributed by atoms with Crippen molar-refractivity contribution in [3.63, 3.8) is 0 Å². The maximum absolute atomic E-state index is 5.40. The van der Waals surface area contributed by atoms with Gasteiger partial charge in [0.25, 0.3) is 0 Å². The number of methoxy groups -OCH3 is 1. The van der Waals surface area contributed by atoms with Gasteiger partial charge in [0.05, 0.1) is 7.11 Å².